The molecule has 1 N–H and O–H groups in total. The Kier molecular flexibility index (Phi) is 3.55. The predicted octanol–water partition coefficient (Wildman–Crippen LogP) is 3.52. The number of hydrogen-bond acceptors (Lipinski definition) is 3. The third-order valence-corrected chi connectivity index (χ3v) is 3.38. The number of halogens is 5. The molecule has 0 aliphatic heterocycles. The van der Waals surface area contributed by atoms with Gasteiger partial charge in [-0.25, -0.2) is 13.8 Å². The van der Waals surface area contributed by atoms with Gasteiger partial charge in [-0.3, -0.25) is 0 Å². The maximum Gasteiger partial charge on any atom is 0.443 e. The molecule has 0 aliphatic rings. The predicted molar refractivity (Wildman–Crippen MR) is 57.5 cm³/mol. The Morgan fingerprint density at radius 3 is 2.47 bits per heavy atom. The molecule has 1 heterocycles. The first-order valence-corrected chi connectivity index (χ1v) is 5.76. The molecule has 8 heteroatoms. The molecule has 2 rings (SSSR count). The summed E-state index contributed by atoms with van der Waals surface area (Å²) in [6, 6.07) is 2.37. The van der Waals surface area contributed by atoms with E-state index in [0.717, 1.165) is 24.4 Å². The molecule has 0 radical (unpaired) electrons. The molecule has 0 fully saturated rings. The standard InChI is InChI=1S/C11H6F5NOS/c12-5-1-2-7(13)6(3-5)9(18)8-4-17-10(19-8)11(14,15)16/h1-4,9,18H. The molecule has 1 atom stereocenters. The van der Waals surface area contributed by atoms with Crippen LogP contribution in [0.1, 0.15) is 21.6 Å². The minimum absolute atomic E-state index is 0.182. The van der Waals surface area contributed by atoms with E-state index in [1.54, 1.807) is 0 Å². The quantitative estimate of drug-likeness (QED) is 0.860. The topological polar surface area (TPSA) is 33.1 Å². The molecule has 0 spiro atoms. The molecule has 19 heavy (non-hydrogen) atoms. The minimum atomic E-state index is -4.64. The van der Waals surface area contributed by atoms with Gasteiger partial charge >= 0.3 is 6.18 Å². The summed E-state index contributed by atoms with van der Waals surface area (Å²) in [7, 11) is 0. The molecule has 0 saturated heterocycles. The molecule has 2 nitrogen and oxygen atoms in total. The number of rotatable bonds is 2. The second kappa shape index (κ2) is 4.86. The third-order valence-electron chi connectivity index (χ3n) is 2.29. The van der Waals surface area contributed by atoms with Crippen LogP contribution in [-0.4, -0.2) is 10.1 Å². The highest BCUT2D eigenvalue weighted by Gasteiger charge is 2.35. The highest BCUT2D eigenvalue weighted by Crippen LogP contribution is 2.36. The number of alkyl halides is 3. The van der Waals surface area contributed by atoms with Crippen molar-refractivity contribution in [3.63, 3.8) is 0 Å². The molecule has 0 bridgehead atoms. The molecule has 102 valence electrons. The van der Waals surface area contributed by atoms with Crippen molar-refractivity contribution in [2.75, 3.05) is 0 Å². The summed E-state index contributed by atoms with van der Waals surface area (Å²) in [4.78, 5) is 2.89. The number of nitrogens with zero attached hydrogens (tertiary/aromatic N) is 1. The zero-order chi connectivity index (χ0) is 14.2. The first kappa shape index (κ1) is 13.9. The smallest absolute Gasteiger partial charge is 0.383 e. The van der Waals surface area contributed by atoms with Crippen LogP contribution in [0.5, 0.6) is 0 Å². The average Bonchev–Trinajstić information content (AvgIpc) is 2.80. The van der Waals surface area contributed by atoms with E-state index >= 15 is 0 Å². The second-order valence-electron chi connectivity index (χ2n) is 3.63. The SMILES string of the molecule is OC(c1cnc(C(F)(F)F)s1)c1cc(F)ccc1F. The van der Waals surface area contributed by atoms with Gasteiger partial charge in [0.25, 0.3) is 0 Å². The zero-order valence-corrected chi connectivity index (χ0v) is 9.90. The largest absolute Gasteiger partial charge is 0.443 e. The Labute approximate surface area is 108 Å². The van der Waals surface area contributed by atoms with Crippen molar-refractivity contribution < 1.29 is 27.1 Å². The van der Waals surface area contributed by atoms with Crippen LogP contribution in [-0.2, 0) is 6.18 Å². The van der Waals surface area contributed by atoms with E-state index in [4.69, 9.17) is 0 Å². The van der Waals surface area contributed by atoms with Crippen LogP contribution in [0.25, 0.3) is 0 Å². The lowest BCUT2D eigenvalue weighted by Gasteiger charge is -2.09. The molecule has 2 aromatic rings. The fourth-order valence-corrected chi connectivity index (χ4v) is 2.21. The summed E-state index contributed by atoms with van der Waals surface area (Å²) in [5, 5.41) is 8.62. The minimum Gasteiger partial charge on any atom is -0.383 e. The van der Waals surface area contributed by atoms with E-state index in [1.807, 2.05) is 0 Å². The Morgan fingerprint density at radius 2 is 1.89 bits per heavy atom. The Morgan fingerprint density at radius 1 is 1.21 bits per heavy atom. The highest BCUT2D eigenvalue weighted by atomic mass is 32.1. The molecule has 1 aromatic heterocycles. The van der Waals surface area contributed by atoms with Gasteiger partial charge in [0, 0.05) is 11.8 Å². The first-order chi connectivity index (χ1) is 8.79. The van der Waals surface area contributed by atoms with Crippen LogP contribution >= 0.6 is 11.3 Å². The lowest BCUT2D eigenvalue weighted by molar-refractivity contribution is -0.137. The average molecular weight is 295 g/mol. The molecule has 0 saturated carbocycles. The van der Waals surface area contributed by atoms with Crippen LogP contribution in [0.2, 0.25) is 0 Å². The van der Waals surface area contributed by atoms with E-state index in [0.29, 0.717) is 0 Å². The highest BCUT2D eigenvalue weighted by molar-refractivity contribution is 7.11. The van der Waals surface area contributed by atoms with E-state index in [-0.39, 0.29) is 16.2 Å². The van der Waals surface area contributed by atoms with Gasteiger partial charge in [-0.2, -0.15) is 13.2 Å². The van der Waals surface area contributed by atoms with E-state index in [1.165, 1.54) is 0 Å². The fraction of sp³-hybridized carbons (Fsp3) is 0.182. The van der Waals surface area contributed by atoms with Crippen molar-refractivity contribution in [2.24, 2.45) is 0 Å². The molecular weight excluding hydrogens is 289 g/mol. The Hall–Kier alpha value is -1.54. The maximum absolute atomic E-state index is 13.4. The van der Waals surface area contributed by atoms with Crippen LogP contribution in [0.4, 0.5) is 22.0 Å². The van der Waals surface area contributed by atoms with Crippen LogP contribution in [0.15, 0.2) is 24.4 Å². The summed E-state index contributed by atoms with van der Waals surface area (Å²) in [5.41, 5.74) is -0.433. The second-order valence-corrected chi connectivity index (χ2v) is 4.70. The maximum atomic E-state index is 13.4. The summed E-state index contributed by atoms with van der Waals surface area (Å²) in [6.07, 6.45) is -5.53. The van der Waals surface area contributed by atoms with Gasteiger partial charge in [-0.05, 0) is 18.2 Å². The zero-order valence-electron chi connectivity index (χ0n) is 9.08. The Balaban J connectivity index is 2.36. The first-order valence-electron chi connectivity index (χ1n) is 4.95. The number of aromatic nitrogens is 1. The van der Waals surface area contributed by atoms with Gasteiger partial charge in [-0.15, -0.1) is 11.3 Å². The third kappa shape index (κ3) is 2.90. The number of thiazole rings is 1. The van der Waals surface area contributed by atoms with E-state index < -0.39 is 34.5 Å². The normalized spacial score (nSPS) is 13.6. The van der Waals surface area contributed by atoms with Gasteiger partial charge in [0.2, 0.25) is 0 Å². The van der Waals surface area contributed by atoms with Crippen LogP contribution in [0, 0.1) is 11.6 Å². The molecule has 1 unspecified atom stereocenters. The number of aliphatic hydroxyl groups excluding tert-OH is 1. The number of hydrogen-bond donors (Lipinski definition) is 1. The van der Waals surface area contributed by atoms with Crippen molar-refractivity contribution in [1.29, 1.82) is 0 Å². The fourth-order valence-electron chi connectivity index (χ4n) is 1.42. The molecule has 0 aliphatic carbocycles. The summed E-state index contributed by atoms with van der Waals surface area (Å²) in [6.45, 7) is 0. The summed E-state index contributed by atoms with van der Waals surface area (Å²) < 4.78 is 63.4. The van der Waals surface area contributed by atoms with E-state index in [2.05, 4.69) is 4.98 Å². The number of benzene rings is 1. The lowest BCUT2D eigenvalue weighted by Crippen LogP contribution is -2.03. The molecular formula is C11H6F5NOS. The monoisotopic (exact) mass is 295 g/mol. The van der Waals surface area contributed by atoms with Crippen molar-refractivity contribution in [1.82, 2.24) is 4.98 Å². The van der Waals surface area contributed by atoms with Gasteiger partial charge < -0.3 is 5.11 Å². The van der Waals surface area contributed by atoms with E-state index in [9.17, 15) is 27.1 Å². The van der Waals surface area contributed by atoms with Gasteiger partial charge in [-0.1, -0.05) is 0 Å². The van der Waals surface area contributed by atoms with Gasteiger partial charge in [0.05, 0.1) is 4.88 Å². The van der Waals surface area contributed by atoms with Gasteiger partial charge in [0.1, 0.15) is 17.7 Å². The lowest BCUT2D eigenvalue weighted by atomic mass is 10.1. The van der Waals surface area contributed by atoms with Crippen LogP contribution < -0.4 is 0 Å². The summed E-state index contributed by atoms with van der Waals surface area (Å²) in [5.74, 6) is -1.70. The summed E-state index contributed by atoms with van der Waals surface area (Å²) >= 11 is 0.182. The van der Waals surface area contributed by atoms with Gasteiger partial charge in [0.15, 0.2) is 5.01 Å². The molecule has 0 amide bonds. The van der Waals surface area contributed by atoms with Crippen molar-refractivity contribution >= 4 is 11.3 Å². The van der Waals surface area contributed by atoms with Crippen molar-refractivity contribution in [3.8, 4) is 0 Å². The number of aliphatic hydroxyl groups is 1. The van der Waals surface area contributed by atoms with Crippen molar-refractivity contribution in [2.45, 2.75) is 12.3 Å². The Bertz CT molecular complexity index is 595. The van der Waals surface area contributed by atoms with Crippen molar-refractivity contribution in [3.05, 3.63) is 51.5 Å². The molecule has 1 aromatic carbocycles. The van der Waals surface area contributed by atoms with Crippen LogP contribution in [0.3, 0.4) is 0 Å².